The fourth-order valence-corrected chi connectivity index (χ4v) is 1.75. The highest BCUT2D eigenvalue weighted by Gasteiger charge is 2.03. The molecule has 0 heterocycles. The first-order chi connectivity index (χ1) is 8.77. The van der Waals surface area contributed by atoms with Gasteiger partial charge in [0.2, 0.25) is 0 Å². The fourth-order valence-electron chi connectivity index (χ4n) is 1.75. The zero-order valence-electron chi connectivity index (χ0n) is 11.6. The fraction of sp³-hybridized carbons (Fsp3) is 0.500. The quantitative estimate of drug-likeness (QED) is 0.524. The van der Waals surface area contributed by atoms with E-state index in [4.69, 9.17) is 4.74 Å². The minimum Gasteiger partial charge on any atom is -0.494 e. The molecule has 0 saturated heterocycles. The lowest BCUT2D eigenvalue weighted by Crippen LogP contribution is -2.19. The Bertz CT molecular complexity index is 331. The van der Waals surface area contributed by atoms with Crippen LogP contribution in [0.2, 0.25) is 0 Å². The second kappa shape index (κ2) is 8.76. The van der Waals surface area contributed by atoms with Gasteiger partial charge in [0.05, 0.1) is 6.61 Å². The van der Waals surface area contributed by atoms with Gasteiger partial charge in [-0.3, -0.25) is 0 Å². The van der Waals surface area contributed by atoms with Gasteiger partial charge in [0.15, 0.2) is 0 Å². The largest absolute Gasteiger partial charge is 0.494 e. The van der Waals surface area contributed by atoms with Crippen molar-refractivity contribution < 1.29 is 4.74 Å². The number of unbranched alkanes of at least 4 members (excludes halogenated alkanes) is 1. The van der Waals surface area contributed by atoms with Crippen LogP contribution in [0.25, 0.3) is 0 Å². The van der Waals surface area contributed by atoms with Crippen LogP contribution in [0.1, 0.15) is 44.7 Å². The van der Waals surface area contributed by atoms with Crippen LogP contribution < -0.4 is 10.1 Å². The molecule has 1 aromatic rings. The number of allylic oxidation sites excluding steroid dienone is 1. The standard InChI is InChI=1S/C16H25NO/c1-4-6-7-13-18-16-10-8-15(9-11-16)14(3)17-12-5-2/h4,8-11,14,17H,1,5-7,12-13H2,2-3H3. The van der Waals surface area contributed by atoms with Crippen molar-refractivity contribution in [1.29, 1.82) is 0 Å². The monoisotopic (exact) mass is 247 g/mol. The van der Waals surface area contributed by atoms with Crippen molar-refractivity contribution in [2.45, 2.75) is 39.2 Å². The van der Waals surface area contributed by atoms with Crippen molar-refractivity contribution in [2.75, 3.05) is 13.2 Å². The van der Waals surface area contributed by atoms with Gasteiger partial charge >= 0.3 is 0 Å². The molecule has 100 valence electrons. The molecule has 1 atom stereocenters. The van der Waals surface area contributed by atoms with Crippen LogP contribution in [-0.4, -0.2) is 13.2 Å². The summed E-state index contributed by atoms with van der Waals surface area (Å²) >= 11 is 0. The van der Waals surface area contributed by atoms with Gasteiger partial charge in [0, 0.05) is 6.04 Å². The lowest BCUT2D eigenvalue weighted by molar-refractivity contribution is 0.312. The average molecular weight is 247 g/mol. The van der Waals surface area contributed by atoms with Crippen LogP contribution in [-0.2, 0) is 0 Å². The summed E-state index contributed by atoms with van der Waals surface area (Å²) in [5.74, 6) is 0.950. The van der Waals surface area contributed by atoms with Crippen LogP contribution in [0.15, 0.2) is 36.9 Å². The van der Waals surface area contributed by atoms with Crippen molar-refractivity contribution in [3.8, 4) is 5.75 Å². The minimum atomic E-state index is 0.403. The molecule has 1 rings (SSSR count). The molecule has 1 unspecified atom stereocenters. The molecule has 1 N–H and O–H groups in total. The van der Waals surface area contributed by atoms with Crippen molar-refractivity contribution in [2.24, 2.45) is 0 Å². The van der Waals surface area contributed by atoms with Gasteiger partial charge in [0.25, 0.3) is 0 Å². The Balaban J connectivity index is 2.39. The molecular weight excluding hydrogens is 222 g/mol. The molecule has 0 aliphatic rings. The van der Waals surface area contributed by atoms with Gasteiger partial charge in [0.1, 0.15) is 5.75 Å². The molecule has 18 heavy (non-hydrogen) atoms. The van der Waals surface area contributed by atoms with E-state index < -0.39 is 0 Å². The molecule has 0 radical (unpaired) electrons. The van der Waals surface area contributed by atoms with Gasteiger partial charge in [-0.15, -0.1) is 6.58 Å². The topological polar surface area (TPSA) is 21.3 Å². The zero-order valence-corrected chi connectivity index (χ0v) is 11.6. The molecule has 0 aliphatic carbocycles. The number of hydrogen-bond donors (Lipinski definition) is 1. The molecule has 1 aromatic carbocycles. The summed E-state index contributed by atoms with van der Waals surface area (Å²) in [4.78, 5) is 0. The highest BCUT2D eigenvalue weighted by atomic mass is 16.5. The highest BCUT2D eigenvalue weighted by Crippen LogP contribution is 2.17. The number of ether oxygens (including phenoxy) is 1. The number of nitrogens with one attached hydrogen (secondary N) is 1. The van der Waals surface area contributed by atoms with Crippen molar-refractivity contribution in [3.05, 3.63) is 42.5 Å². The lowest BCUT2D eigenvalue weighted by atomic mass is 10.1. The summed E-state index contributed by atoms with van der Waals surface area (Å²) in [5, 5.41) is 3.48. The minimum absolute atomic E-state index is 0.403. The zero-order chi connectivity index (χ0) is 13.2. The Morgan fingerprint density at radius 2 is 2.06 bits per heavy atom. The van der Waals surface area contributed by atoms with Gasteiger partial charge < -0.3 is 10.1 Å². The molecule has 0 aromatic heterocycles. The first-order valence-electron chi connectivity index (χ1n) is 6.85. The molecule has 0 fully saturated rings. The predicted molar refractivity (Wildman–Crippen MR) is 78.1 cm³/mol. The molecule has 2 nitrogen and oxygen atoms in total. The number of benzene rings is 1. The first-order valence-corrected chi connectivity index (χ1v) is 6.85. The van der Waals surface area contributed by atoms with E-state index in [9.17, 15) is 0 Å². The third-order valence-corrected chi connectivity index (χ3v) is 2.90. The van der Waals surface area contributed by atoms with E-state index in [2.05, 4.69) is 37.9 Å². The molecule has 0 aliphatic heterocycles. The Morgan fingerprint density at radius 1 is 1.33 bits per heavy atom. The summed E-state index contributed by atoms with van der Waals surface area (Å²) in [6.45, 7) is 9.88. The van der Waals surface area contributed by atoms with Gasteiger partial charge in [-0.2, -0.15) is 0 Å². The third-order valence-electron chi connectivity index (χ3n) is 2.90. The smallest absolute Gasteiger partial charge is 0.119 e. The third kappa shape index (κ3) is 5.37. The molecule has 2 heteroatoms. The summed E-state index contributed by atoms with van der Waals surface area (Å²) in [5.41, 5.74) is 1.31. The molecular formula is C16H25NO. The normalized spacial score (nSPS) is 12.1. The maximum atomic E-state index is 5.66. The Hall–Kier alpha value is -1.28. The van der Waals surface area contributed by atoms with E-state index in [0.29, 0.717) is 6.04 Å². The Morgan fingerprint density at radius 3 is 2.67 bits per heavy atom. The van der Waals surface area contributed by atoms with E-state index in [-0.39, 0.29) is 0 Å². The Labute approximate surface area is 111 Å². The molecule has 0 bridgehead atoms. The van der Waals surface area contributed by atoms with E-state index in [1.54, 1.807) is 0 Å². The number of rotatable bonds is 9. The SMILES string of the molecule is C=CCCCOc1ccc(C(C)NCCC)cc1. The second-order valence-corrected chi connectivity index (χ2v) is 4.52. The average Bonchev–Trinajstić information content (AvgIpc) is 2.41. The molecule has 0 spiro atoms. The predicted octanol–water partition coefficient (Wildman–Crippen LogP) is 4.09. The summed E-state index contributed by atoms with van der Waals surface area (Å²) < 4.78 is 5.66. The van der Waals surface area contributed by atoms with E-state index >= 15 is 0 Å². The Kier molecular flexibility index (Phi) is 7.19. The van der Waals surface area contributed by atoms with Gasteiger partial charge in [-0.1, -0.05) is 25.1 Å². The van der Waals surface area contributed by atoms with E-state index in [0.717, 1.165) is 38.2 Å². The second-order valence-electron chi connectivity index (χ2n) is 4.52. The summed E-state index contributed by atoms with van der Waals surface area (Å²) in [6, 6.07) is 8.77. The highest BCUT2D eigenvalue weighted by molar-refractivity contribution is 5.28. The van der Waals surface area contributed by atoms with Crippen LogP contribution >= 0.6 is 0 Å². The van der Waals surface area contributed by atoms with Gasteiger partial charge in [-0.05, 0) is 50.4 Å². The summed E-state index contributed by atoms with van der Waals surface area (Å²) in [6.07, 6.45) is 5.12. The molecule has 0 saturated carbocycles. The lowest BCUT2D eigenvalue weighted by Gasteiger charge is -2.14. The van der Waals surface area contributed by atoms with E-state index in [1.807, 2.05) is 18.2 Å². The number of hydrogen-bond acceptors (Lipinski definition) is 2. The van der Waals surface area contributed by atoms with Gasteiger partial charge in [-0.25, -0.2) is 0 Å². The van der Waals surface area contributed by atoms with Crippen molar-refractivity contribution in [1.82, 2.24) is 5.32 Å². The molecule has 0 amide bonds. The van der Waals surface area contributed by atoms with Crippen LogP contribution in [0.5, 0.6) is 5.75 Å². The van der Waals surface area contributed by atoms with Crippen LogP contribution in [0.4, 0.5) is 0 Å². The van der Waals surface area contributed by atoms with Crippen molar-refractivity contribution >= 4 is 0 Å². The maximum Gasteiger partial charge on any atom is 0.119 e. The maximum absolute atomic E-state index is 5.66. The van der Waals surface area contributed by atoms with Crippen LogP contribution in [0.3, 0.4) is 0 Å². The summed E-state index contributed by atoms with van der Waals surface area (Å²) in [7, 11) is 0. The van der Waals surface area contributed by atoms with Crippen LogP contribution in [0, 0.1) is 0 Å². The van der Waals surface area contributed by atoms with Crippen molar-refractivity contribution in [3.63, 3.8) is 0 Å². The van der Waals surface area contributed by atoms with E-state index in [1.165, 1.54) is 5.56 Å². The first kappa shape index (κ1) is 14.8.